The zero-order valence-electron chi connectivity index (χ0n) is 13.1. The smallest absolute Gasteiger partial charge is 0.244 e. The molecule has 1 aromatic heterocycles. The van der Waals surface area contributed by atoms with Crippen molar-refractivity contribution in [3.63, 3.8) is 0 Å². The van der Waals surface area contributed by atoms with Gasteiger partial charge in [-0.25, -0.2) is 4.68 Å². The van der Waals surface area contributed by atoms with E-state index < -0.39 is 0 Å². The van der Waals surface area contributed by atoms with Crippen molar-refractivity contribution < 1.29 is 4.79 Å². The molecule has 116 valence electrons. The van der Waals surface area contributed by atoms with Crippen LogP contribution in [0.1, 0.15) is 18.5 Å². The van der Waals surface area contributed by atoms with Crippen LogP contribution in [-0.4, -0.2) is 46.4 Å². The number of hydrogen-bond acceptors (Lipinski definition) is 4. The number of rotatable bonds is 6. The van der Waals surface area contributed by atoms with E-state index in [1.54, 1.807) is 23.2 Å². The van der Waals surface area contributed by atoms with Gasteiger partial charge in [0.15, 0.2) is 0 Å². The molecule has 1 atom stereocenters. The molecule has 0 saturated heterocycles. The van der Waals surface area contributed by atoms with E-state index in [1.807, 2.05) is 56.3 Å². The first-order chi connectivity index (χ1) is 10.6. The van der Waals surface area contributed by atoms with Crippen LogP contribution in [0.3, 0.4) is 0 Å². The highest BCUT2D eigenvalue weighted by atomic mass is 16.1. The molecule has 1 N–H and O–H groups in total. The predicted octanol–water partition coefficient (Wildman–Crippen LogP) is 1.56. The van der Waals surface area contributed by atoms with E-state index in [4.69, 9.17) is 0 Å². The second kappa shape index (κ2) is 7.51. The van der Waals surface area contributed by atoms with Crippen LogP contribution in [0.2, 0.25) is 0 Å². The van der Waals surface area contributed by atoms with Gasteiger partial charge in [-0.3, -0.25) is 4.79 Å². The average molecular weight is 299 g/mol. The monoisotopic (exact) mass is 299 g/mol. The van der Waals surface area contributed by atoms with Crippen LogP contribution in [0.25, 0.3) is 5.69 Å². The Morgan fingerprint density at radius 3 is 2.68 bits per heavy atom. The van der Waals surface area contributed by atoms with E-state index in [9.17, 15) is 4.79 Å². The molecule has 2 aromatic rings. The van der Waals surface area contributed by atoms with Gasteiger partial charge in [0, 0.05) is 12.6 Å². The van der Waals surface area contributed by atoms with E-state index in [0.29, 0.717) is 0 Å². The molecule has 22 heavy (non-hydrogen) atoms. The Balaban J connectivity index is 1.94. The third-order valence-electron chi connectivity index (χ3n) is 3.18. The summed E-state index contributed by atoms with van der Waals surface area (Å²) in [5.41, 5.74) is 1.98. The van der Waals surface area contributed by atoms with Gasteiger partial charge in [-0.2, -0.15) is 0 Å². The number of nitrogens with one attached hydrogen (secondary N) is 1. The Hall–Kier alpha value is -2.47. The van der Waals surface area contributed by atoms with Crippen molar-refractivity contribution in [2.24, 2.45) is 0 Å². The normalized spacial score (nSPS) is 12.7. The number of benzene rings is 1. The third-order valence-corrected chi connectivity index (χ3v) is 3.18. The van der Waals surface area contributed by atoms with E-state index in [0.717, 1.165) is 17.8 Å². The molecule has 0 saturated carbocycles. The number of aromatic nitrogens is 3. The predicted molar refractivity (Wildman–Crippen MR) is 85.6 cm³/mol. The van der Waals surface area contributed by atoms with Gasteiger partial charge in [0.2, 0.25) is 5.91 Å². The van der Waals surface area contributed by atoms with E-state index in [2.05, 4.69) is 15.6 Å². The van der Waals surface area contributed by atoms with Crippen LogP contribution in [0.15, 0.2) is 48.8 Å². The van der Waals surface area contributed by atoms with Gasteiger partial charge < -0.3 is 10.2 Å². The van der Waals surface area contributed by atoms with E-state index >= 15 is 0 Å². The van der Waals surface area contributed by atoms with Crippen molar-refractivity contribution in [1.29, 1.82) is 0 Å². The SMILES string of the molecule is CC(NC(=O)/C=C/CN(C)C)c1ccc(-n2ccnn2)cc1. The summed E-state index contributed by atoms with van der Waals surface area (Å²) in [6.45, 7) is 2.70. The lowest BCUT2D eigenvalue weighted by Crippen LogP contribution is -2.25. The third kappa shape index (κ3) is 4.53. The molecule has 0 spiro atoms. The first-order valence-corrected chi connectivity index (χ1v) is 7.14. The molecule has 6 heteroatoms. The van der Waals surface area contributed by atoms with E-state index in [-0.39, 0.29) is 11.9 Å². The summed E-state index contributed by atoms with van der Waals surface area (Å²) in [5, 5.41) is 10.7. The number of amides is 1. The van der Waals surface area contributed by atoms with E-state index in [1.165, 1.54) is 0 Å². The van der Waals surface area contributed by atoms with Gasteiger partial charge in [0.1, 0.15) is 0 Å². The van der Waals surface area contributed by atoms with Gasteiger partial charge in [-0.15, -0.1) is 5.10 Å². The molecule has 0 bridgehead atoms. The number of carbonyl (C=O) groups excluding carboxylic acids is 1. The van der Waals surface area contributed by atoms with Crippen LogP contribution in [0.4, 0.5) is 0 Å². The lowest BCUT2D eigenvalue weighted by molar-refractivity contribution is -0.117. The maximum absolute atomic E-state index is 11.8. The zero-order chi connectivity index (χ0) is 15.9. The van der Waals surface area contributed by atoms with Crippen molar-refractivity contribution in [1.82, 2.24) is 25.2 Å². The average Bonchev–Trinajstić information content (AvgIpc) is 3.01. The van der Waals surface area contributed by atoms with Crippen molar-refractivity contribution in [2.75, 3.05) is 20.6 Å². The lowest BCUT2D eigenvalue weighted by Gasteiger charge is -2.13. The fourth-order valence-electron chi connectivity index (χ4n) is 1.98. The van der Waals surface area contributed by atoms with Crippen LogP contribution >= 0.6 is 0 Å². The van der Waals surface area contributed by atoms with Gasteiger partial charge in [-0.05, 0) is 38.7 Å². The maximum Gasteiger partial charge on any atom is 0.244 e. The number of likely N-dealkylation sites (N-methyl/N-ethyl adjacent to an activating group) is 1. The summed E-state index contributed by atoms with van der Waals surface area (Å²) in [7, 11) is 3.92. The van der Waals surface area contributed by atoms with Crippen molar-refractivity contribution in [2.45, 2.75) is 13.0 Å². The van der Waals surface area contributed by atoms with Crippen molar-refractivity contribution in [3.05, 3.63) is 54.4 Å². The fourth-order valence-corrected chi connectivity index (χ4v) is 1.98. The first kappa shape index (κ1) is 15.9. The molecule has 0 aliphatic carbocycles. The fraction of sp³-hybridized carbons (Fsp3) is 0.312. The Kier molecular flexibility index (Phi) is 5.43. The largest absolute Gasteiger partial charge is 0.346 e. The van der Waals surface area contributed by atoms with Gasteiger partial charge >= 0.3 is 0 Å². The minimum absolute atomic E-state index is 0.0543. The quantitative estimate of drug-likeness (QED) is 0.822. The second-order valence-corrected chi connectivity index (χ2v) is 5.33. The van der Waals surface area contributed by atoms with Crippen molar-refractivity contribution >= 4 is 5.91 Å². The minimum atomic E-state index is -0.0882. The van der Waals surface area contributed by atoms with Gasteiger partial charge in [-0.1, -0.05) is 23.4 Å². The minimum Gasteiger partial charge on any atom is -0.346 e. The number of hydrogen-bond donors (Lipinski definition) is 1. The molecule has 0 fully saturated rings. The molecule has 6 nitrogen and oxygen atoms in total. The summed E-state index contributed by atoms with van der Waals surface area (Å²) in [4.78, 5) is 13.8. The summed E-state index contributed by atoms with van der Waals surface area (Å²) in [6.07, 6.45) is 6.84. The standard InChI is InChI=1S/C16H21N5O/c1-13(18-16(22)5-4-11-20(2)3)14-6-8-15(9-7-14)21-12-10-17-19-21/h4-10,12-13H,11H2,1-3H3,(H,18,22)/b5-4+. The van der Waals surface area contributed by atoms with Gasteiger partial charge in [0.25, 0.3) is 0 Å². The molecule has 1 amide bonds. The van der Waals surface area contributed by atoms with Crippen molar-refractivity contribution in [3.8, 4) is 5.69 Å². The molecule has 0 aliphatic rings. The Labute approximate surface area is 130 Å². The highest BCUT2D eigenvalue weighted by Gasteiger charge is 2.07. The zero-order valence-corrected chi connectivity index (χ0v) is 13.1. The highest BCUT2D eigenvalue weighted by molar-refractivity contribution is 5.87. The topological polar surface area (TPSA) is 63.1 Å². The highest BCUT2D eigenvalue weighted by Crippen LogP contribution is 2.15. The molecule has 1 unspecified atom stereocenters. The summed E-state index contributed by atoms with van der Waals surface area (Å²) in [6, 6.07) is 7.81. The first-order valence-electron chi connectivity index (χ1n) is 7.14. The maximum atomic E-state index is 11.8. The van der Waals surface area contributed by atoms with Crippen LogP contribution in [0.5, 0.6) is 0 Å². The van der Waals surface area contributed by atoms with Crippen LogP contribution in [-0.2, 0) is 4.79 Å². The molecule has 1 aromatic carbocycles. The number of carbonyl (C=O) groups is 1. The Morgan fingerprint density at radius 2 is 2.09 bits per heavy atom. The van der Waals surface area contributed by atoms with Crippen LogP contribution in [0, 0.1) is 0 Å². The van der Waals surface area contributed by atoms with Crippen LogP contribution < -0.4 is 5.32 Å². The molecule has 1 heterocycles. The molecule has 0 radical (unpaired) electrons. The Bertz CT molecular complexity index is 616. The number of nitrogens with zero attached hydrogens (tertiary/aromatic N) is 4. The van der Waals surface area contributed by atoms with Gasteiger partial charge in [0.05, 0.1) is 24.1 Å². The second-order valence-electron chi connectivity index (χ2n) is 5.33. The molecular weight excluding hydrogens is 278 g/mol. The molecular formula is C16H21N5O. The Morgan fingerprint density at radius 1 is 1.36 bits per heavy atom. The summed E-state index contributed by atoms with van der Waals surface area (Å²) >= 11 is 0. The lowest BCUT2D eigenvalue weighted by atomic mass is 10.1. The molecule has 0 aliphatic heterocycles. The molecule has 2 rings (SSSR count). The summed E-state index contributed by atoms with van der Waals surface area (Å²) < 4.78 is 1.69. The summed E-state index contributed by atoms with van der Waals surface area (Å²) in [5.74, 6) is -0.0882.